The highest BCUT2D eigenvalue weighted by atomic mass is 16.1. The van der Waals surface area contributed by atoms with Gasteiger partial charge in [-0.15, -0.1) is 6.58 Å². The monoisotopic (exact) mass is 252 g/mol. The Morgan fingerprint density at radius 2 is 1.63 bits per heavy atom. The normalized spacial score (nSPS) is 18.1. The second kappa shape index (κ2) is 4.61. The van der Waals surface area contributed by atoms with Crippen molar-refractivity contribution in [1.29, 1.82) is 0 Å². The second-order valence-electron chi connectivity index (χ2n) is 5.20. The predicted octanol–water partition coefficient (Wildman–Crippen LogP) is 3.66. The van der Waals surface area contributed by atoms with Crippen LogP contribution in [0.3, 0.4) is 0 Å². The van der Waals surface area contributed by atoms with Crippen LogP contribution in [0.15, 0.2) is 42.0 Å². The van der Waals surface area contributed by atoms with Crippen LogP contribution >= 0.6 is 0 Å². The fourth-order valence-corrected chi connectivity index (χ4v) is 3.00. The van der Waals surface area contributed by atoms with Crippen LogP contribution in [0, 0.1) is 0 Å². The van der Waals surface area contributed by atoms with Crippen molar-refractivity contribution in [2.45, 2.75) is 32.1 Å². The Balaban J connectivity index is 2.12. The van der Waals surface area contributed by atoms with E-state index >= 15 is 0 Å². The molecular weight excluding hydrogens is 236 g/mol. The topological polar surface area (TPSA) is 34.1 Å². The molecule has 2 nitrogen and oxygen atoms in total. The molecule has 0 aromatic heterocycles. The van der Waals surface area contributed by atoms with Gasteiger partial charge in [0.2, 0.25) is 0 Å². The highest BCUT2D eigenvalue weighted by molar-refractivity contribution is 6.27. The first-order valence-corrected chi connectivity index (χ1v) is 6.77. The maximum atomic E-state index is 12.5. The van der Waals surface area contributed by atoms with E-state index < -0.39 is 0 Å². The SMILES string of the molecule is C=CCc1ccc2c(c1)C(=O)C1=C(CCCC1)C2=O. The van der Waals surface area contributed by atoms with Crippen LogP contribution < -0.4 is 0 Å². The van der Waals surface area contributed by atoms with Gasteiger partial charge in [0, 0.05) is 22.3 Å². The summed E-state index contributed by atoms with van der Waals surface area (Å²) in [5.41, 5.74) is 3.73. The van der Waals surface area contributed by atoms with Gasteiger partial charge in [-0.25, -0.2) is 0 Å². The summed E-state index contributed by atoms with van der Waals surface area (Å²) in [7, 11) is 0. The molecule has 0 atom stereocenters. The molecule has 0 aliphatic heterocycles. The molecule has 0 amide bonds. The lowest BCUT2D eigenvalue weighted by Gasteiger charge is -2.24. The minimum atomic E-state index is 0.0643. The lowest BCUT2D eigenvalue weighted by Crippen LogP contribution is -2.24. The van der Waals surface area contributed by atoms with Gasteiger partial charge in [0.15, 0.2) is 11.6 Å². The van der Waals surface area contributed by atoms with Gasteiger partial charge in [-0.1, -0.05) is 18.2 Å². The molecule has 1 aromatic rings. The van der Waals surface area contributed by atoms with E-state index in [2.05, 4.69) is 6.58 Å². The van der Waals surface area contributed by atoms with E-state index in [1.165, 1.54) is 0 Å². The molecular formula is C17H16O2. The number of fused-ring (bicyclic) bond motifs is 1. The van der Waals surface area contributed by atoms with Crippen molar-refractivity contribution in [2.24, 2.45) is 0 Å². The second-order valence-corrected chi connectivity index (χ2v) is 5.20. The summed E-state index contributed by atoms with van der Waals surface area (Å²) in [5.74, 6) is 0.129. The van der Waals surface area contributed by atoms with Gasteiger partial charge in [0.05, 0.1) is 0 Å². The van der Waals surface area contributed by atoms with Gasteiger partial charge in [0.25, 0.3) is 0 Å². The van der Waals surface area contributed by atoms with Crippen molar-refractivity contribution in [2.75, 3.05) is 0 Å². The molecule has 0 spiro atoms. The molecule has 0 saturated carbocycles. The summed E-state index contributed by atoms with van der Waals surface area (Å²) < 4.78 is 0. The zero-order chi connectivity index (χ0) is 13.4. The first kappa shape index (κ1) is 12.1. The number of hydrogen-bond donors (Lipinski definition) is 0. The molecule has 1 aromatic carbocycles. The Labute approximate surface area is 112 Å². The Morgan fingerprint density at radius 1 is 1.00 bits per heavy atom. The van der Waals surface area contributed by atoms with Gasteiger partial charge in [-0.05, 0) is 43.7 Å². The zero-order valence-electron chi connectivity index (χ0n) is 10.9. The smallest absolute Gasteiger partial charge is 0.190 e. The molecule has 0 unspecified atom stereocenters. The van der Waals surface area contributed by atoms with E-state index in [1.807, 2.05) is 18.2 Å². The first-order chi connectivity index (χ1) is 9.22. The fourth-order valence-electron chi connectivity index (χ4n) is 3.00. The molecule has 0 heterocycles. The fraction of sp³-hybridized carbons (Fsp3) is 0.294. The predicted molar refractivity (Wildman–Crippen MR) is 74.5 cm³/mol. The molecule has 3 rings (SSSR count). The van der Waals surface area contributed by atoms with Crippen molar-refractivity contribution < 1.29 is 9.59 Å². The van der Waals surface area contributed by atoms with Crippen molar-refractivity contribution >= 4 is 11.6 Å². The number of allylic oxidation sites excluding steroid dienone is 3. The summed E-state index contributed by atoms with van der Waals surface area (Å²) >= 11 is 0. The lowest BCUT2D eigenvalue weighted by atomic mass is 9.77. The van der Waals surface area contributed by atoms with Crippen molar-refractivity contribution in [3.05, 3.63) is 58.7 Å². The Kier molecular flexibility index (Phi) is 2.94. The Morgan fingerprint density at radius 3 is 2.26 bits per heavy atom. The average Bonchev–Trinajstić information content (AvgIpc) is 2.45. The highest BCUT2D eigenvalue weighted by Crippen LogP contribution is 2.35. The summed E-state index contributed by atoms with van der Waals surface area (Å²) in [6.45, 7) is 3.71. The molecule has 0 saturated heterocycles. The van der Waals surface area contributed by atoms with E-state index in [4.69, 9.17) is 0 Å². The van der Waals surface area contributed by atoms with E-state index in [0.29, 0.717) is 11.1 Å². The standard InChI is InChI=1S/C17H16O2/c1-2-5-11-8-9-14-15(10-11)17(19)13-7-4-3-6-12(13)16(14)18/h2,8-10H,1,3-7H2. The van der Waals surface area contributed by atoms with Gasteiger partial charge in [-0.2, -0.15) is 0 Å². The molecule has 96 valence electrons. The first-order valence-electron chi connectivity index (χ1n) is 6.77. The number of Topliss-reactive ketones (excluding diaryl/α,β-unsaturated/α-hetero) is 2. The lowest BCUT2D eigenvalue weighted by molar-refractivity contribution is 0.0964. The largest absolute Gasteiger partial charge is 0.289 e. The van der Waals surface area contributed by atoms with E-state index in [1.54, 1.807) is 6.07 Å². The summed E-state index contributed by atoms with van der Waals surface area (Å²) in [6.07, 6.45) is 6.07. The van der Waals surface area contributed by atoms with E-state index in [-0.39, 0.29) is 11.6 Å². The van der Waals surface area contributed by atoms with Crippen LogP contribution in [0.2, 0.25) is 0 Å². The number of hydrogen-bond acceptors (Lipinski definition) is 2. The molecule has 0 radical (unpaired) electrons. The van der Waals surface area contributed by atoms with Crippen LogP contribution in [0.4, 0.5) is 0 Å². The van der Waals surface area contributed by atoms with Crippen LogP contribution in [0.5, 0.6) is 0 Å². The zero-order valence-corrected chi connectivity index (χ0v) is 10.9. The van der Waals surface area contributed by atoms with E-state index in [9.17, 15) is 9.59 Å². The van der Waals surface area contributed by atoms with Crippen molar-refractivity contribution in [3.63, 3.8) is 0 Å². The van der Waals surface area contributed by atoms with Crippen LogP contribution in [-0.2, 0) is 6.42 Å². The highest BCUT2D eigenvalue weighted by Gasteiger charge is 2.32. The van der Waals surface area contributed by atoms with Crippen LogP contribution in [0.25, 0.3) is 0 Å². The molecule has 19 heavy (non-hydrogen) atoms. The van der Waals surface area contributed by atoms with Gasteiger partial charge >= 0.3 is 0 Å². The molecule has 2 heteroatoms. The summed E-state index contributed by atoms with van der Waals surface area (Å²) in [4.78, 5) is 25.0. The maximum absolute atomic E-state index is 12.5. The van der Waals surface area contributed by atoms with Crippen LogP contribution in [0.1, 0.15) is 52.0 Å². The third-order valence-corrected chi connectivity index (χ3v) is 3.97. The summed E-state index contributed by atoms with van der Waals surface area (Å²) in [5, 5.41) is 0. The molecule has 0 N–H and O–H groups in total. The van der Waals surface area contributed by atoms with E-state index in [0.717, 1.165) is 48.8 Å². The number of benzene rings is 1. The molecule has 0 fully saturated rings. The molecule has 0 bridgehead atoms. The quantitative estimate of drug-likeness (QED) is 0.753. The number of ketones is 2. The number of rotatable bonds is 2. The average molecular weight is 252 g/mol. The Bertz CT molecular complexity index is 620. The third kappa shape index (κ3) is 1.88. The van der Waals surface area contributed by atoms with Crippen LogP contribution in [-0.4, -0.2) is 11.6 Å². The van der Waals surface area contributed by atoms with Gasteiger partial charge in [0.1, 0.15) is 0 Å². The van der Waals surface area contributed by atoms with Crippen molar-refractivity contribution in [1.82, 2.24) is 0 Å². The molecule has 2 aliphatic carbocycles. The molecule has 2 aliphatic rings. The van der Waals surface area contributed by atoms with Crippen molar-refractivity contribution in [3.8, 4) is 0 Å². The Hall–Kier alpha value is -1.96. The number of carbonyl (C=O) groups is 2. The van der Waals surface area contributed by atoms with Gasteiger partial charge < -0.3 is 0 Å². The maximum Gasteiger partial charge on any atom is 0.190 e. The summed E-state index contributed by atoms with van der Waals surface area (Å²) in [6, 6.07) is 5.57. The number of carbonyl (C=O) groups excluding carboxylic acids is 2. The minimum Gasteiger partial charge on any atom is -0.289 e. The third-order valence-electron chi connectivity index (χ3n) is 3.97. The van der Waals surface area contributed by atoms with Gasteiger partial charge in [-0.3, -0.25) is 9.59 Å². The minimum absolute atomic E-state index is 0.0643.